The molecule has 2 aromatic heterocycles. The predicted octanol–water partition coefficient (Wildman–Crippen LogP) is 6.73. The number of carbonyl (C=O) groups is 1. The van der Waals surface area contributed by atoms with Crippen LogP contribution < -0.4 is 10.2 Å². The van der Waals surface area contributed by atoms with Gasteiger partial charge in [-0.15, -0.1) is 11.3 Å². The molecule has 0 radical (unpaired) electrons. The maximum absolute atomic E-state index is 13.1. The molecule has 1 amide bonds. The van der Waals surface area contributed by atoms with Gasteiger partial charge in [-0.05, 0) is 54.7 Å². The van der Waals surface area contributed by atoms with Gasteiger partial charge in [-0.1, -0.05) is 37.6 Å². The fraction of sp³-hybridized carbons (Fsp3) is 0.269. The summed E-state index contributed by atoms with van der Waals surface area (Å²) in [6.45, 7) is 6.81. The van der Waals surface area contributed by atoms with Gasteiger partial charge in [0.05, 0.1) is 0 Å². The van der Waals surface area contributed by atoms with Crippen LogP contribution in [0.5, 0.6) is 0 Å². The Morgan fingerprint density at radius 1 is 1.06 bits per heavy atom. The van der Waals surface area contributed by atoms with Gasteiger partial charge >= 0.3 is 0 Å². The fourth-order valence-corrected chi connectivity index (χ4v) is 4.79. The highest BCUT2D eigenvalue weighted by Crippen LogP contribution is 2.33. The lowest BCUT2D eigenvalue weighted by molar-refractivity contribution is 0.102. The number of carbonyl (C=O) groups excluding carboxylic acids is 1. The zero-order valence-corrected chi connectivity index (χ0v) is 20.7. The molecule has 4 aromatic rings. The minimum atomic E-state index is -0.286. The summed E-state index contributed by atoms with van der Waals surface area (Å²) in [6, 6.07) is 15.7. The molecule has 0 aliphatic carbocycles. The minimum absolute atomic E-state index is 0.286. The van der Waals surface area contributed by atoms with Crippen molar-refractivity contribution < 1.29 is 4.79 Å². The lowest BCUT2D eigenvalue weighted by atomic mass is 9.82. The van der Waals surface area contributed by atoms with Gasteiger partial charge in [0.25, 0.3) is 5.91 Å². The van der Waals surface area contributed by atoms with E-state index in [9.17, 15) is 4.79 Å². The van der Waals surface area contributed by atoms with Gasteiger partial charge in [0, 0.05) is 46.5 Å². The topological polar surface area (TPSA) is 73.9 Å². The van der Waals surface area contributed by atoms with Gasteiger partial charge in [0.15, 0.2) is 5.13 Å². The molecule has 0 spiro atoms. The zero-order chi connectivity index (χ0) is 23.7. The van der Waals surface area contributed by atoms with Crippen LogP contribution in [0.15, 0.2) is 60.1 Å². The van der Waals surface area contributed by atoms with E-state index in [1.54, 1.807) is 18.3 Å². The smallest absolute Gasteiger partial charge is 0.276 e. The summed E-state index contributed by atoms with van der Waals surface area (Å²) in [4.78, 5) is 27.7. The van der Waals surface area contributed by atoms with E-state index in [0.29, 0.717) is 32.8 Å². The molecular weight excluding hydrogens is 466 g/mol. The first-order valence-corrected chi connectivity index (χ1v) is 12.6. The number of nitrogens with zero attached hydrogens (tertiary/aromatic N) is 3. The summed E-state index contributed by atoms with van der Waals surface area (Å²) in [6.07, 6.45) is 4.04. The Labute approximate surface area is 208 Å². The number of imidazole rings is 1. The summed E-state index contributed by atoms with van der Waals surface area (Å²) < 4.78 is 0. The Kier molecular flexibility index (Phi) is 6.15. The van der Waals surface area contributed by atoms with Gasteiger partial charge < -0.3 is 9.88 Å². The van der Waals surface area contributed by atoms with Gasteiger partial charge in [-0.25, -0.2) is 9.97 Å². The number of thiazole rings is 1. The SMILES string of the molecule is CC1(C)CCN(c2ccc(-c3nc(-c4ccc(Cl)cc4)c(C(=O)Nc4nccs4)[nH]3)cc2)CC1. The summed E-state index contributed by atoms with van der Waals surface area (Å²) in [5.74, 6) is 0.353. The lowest BCUT2D eigenvalue weighted by Gasteiger charge is -2.38. The molecule has 0 unspecified atom stereocenters. The molecule has 174 valence electrons. The number of nitrogens with one attached hydrogen (secondary N) is 2. The van der Waals surface area contributed by atoms with Crippen molar-refractivity contribution in [1.82, 2.24) is 15.0 Å². The van der Waals surface area contributed by atoms with Crippen LogP contribution in [0.2, 0.25) is 5.02 Å². The maximum atomic E-state index is 13.1. The van der Waals surface area contributed by atoms with E-state index in [2.05, 4.69) is 58.3 Å². The predicted molar refractivity (Wildman–Crippen MR) is 140 cm³/mol. The molecule has 2 aromatic carbocycles. The number of aromatic amines is 1. The van der Waals surface area contributed by atoms with E-state index >= 15 is 0 Å². The Balaban J connectivity index is 1.44. The zero-order valence-electron chi connectivity index (χ0n) is 19.1. The van der Waals surface area contributed by atoms with E-state index in [1.165, 1.54) is 29.9 Å². The van der Waals surface area contributed by atoms with E-state index in [4.69, 9.17) is 16.6 Å². The third-order valence-corrected chi connectivity index (χ3v) is 7.26. The van der Waals surface area contributed by atoms with Crippen LogP contribution >= 0.6 is 22.9 Å². The van der Waals surface area contributed by atoms with Gasteiger partial charge in [-0.2, -0.15) is 0 Å². The van der Waals surface area contributed by atoms with Crippen molar-refractivity contribution >= 4 is 39.7 Å². The van der Waals surface area contributed by atoms with Crippen LogP contribution in [0.1, 0.15) is 37.2 Å². The molecule has 8 heteroatoms. The second-order valence-electron chi connectivity index (χ2n) is 9.31. The molecule has 0 atom stereocenters. The molecule has 3 heterocycles. The molecular formula is C26H26ClN5OS. The Hall–Kier alpha value is -3.16. The molecule has 1 aliphatic heterocycles. The highest BCUT2D eigenvalue weighted by atomic mass is 35.5. The number of benzene rings is 2. The molecule has 1 fully saturated rings. The number of halogens is 1. The van der Waals surface area contributed by atoms with E-state index in [0.717, 1.165) is 24.2 Å². The average molecular weight is 492 g/mol. The number of amides is 1. The van der Waals surface area contributed by atoms with E-state index < -0.39 is 0 Å². The third kappa shape index (κ3) is 4.86. The van der Waals surface area contributed by atoms with Gasteiger partial charge in [-0.3, -0.25) is 10.1 Å². The van der Waals surface area contributed by atoms with Crippen LogP contribution in [-0.4, -0.2) is 33.9 Å². The van der Waals surface area contributed by atoms with Crippen molar-refractivity contribution in [2.75, 3.05) is 23.3 Å². The van der Waals surface area contributed by atoms with Crippen molar-refractivity contribution in [3.8, 4) is 22.6 Å². The van der Waals surface area contributed by atoms with Crippen molar-refractivity contribution in [2.24, 2.45) is 5.41 Å². The Bertz CT molecular complexity index is 1270. The van der Waals surface area contributed by atoms with Gasteiger partial charge in [0.1, 0.15) is 17.2 Å². The first-order valence-electron chi connectivity index (χ1n) is 11.3. The highest BCUT2D eigenvalue weighted by molar-refractivity contribution is 7.13. The summed E-state index contributed by atoms with van der Waals surface area (Å²) >= 11 is 7.44. The van der Waals surface area contributed by atoms with E-state index in [1.807, 2.05) is 17.5 Å². The molecule has 0 saturated carbocycles. The molecule has 0 bridgehead atoms. The number of piperidine rings is 1. The highest BCUT2D eigenvalue weighted by Gasteiger charge is 2.25. The van der Waals surface area contributed by atoms with Crippen LogP contribution in [0.4, 0.5) is 10.8 Å². The molecule has 1 saturated heterocycles. The molecule has 1 aliphatic rings. The first kappa shape index (κ1) is 22.6. The Morgan fingerprint density at radius 3 is 2.38 bits per heavy atom. The van der Waals surface area contributed by atoms with Gasteiger partial charge in [0.2, 0.25) is 0 Å². The molecule has 6 nitrogen and oxygen atoms in total. The second-order valence-corrected chi connectivity index (χ2v) is 10.6. The lowest BCUT2D eigenvalue weighted by Crippen LogP contribution is -2.37. The second kappa shape index (κ2) is 9.24. The van der Waals surface area contributed by atoms with Crippen molar-refractivity contribution in [3.63, 3.8) is 0 Å². The number of anilines is 2. The normalized spacial score (nSPS) is 15.3. The van der Waals surface area contributed by atoms with Crippen LogP contribution in [0.3, 0.4) is 0 Å². The largest absolute Gasteiger partial charge is 0.371 e. The third-order valence-electron chi connectivity index (χ3n) is 6.32. The van der Waals surface area contributed by atoms with Crippen molar-refractivity contribution in [2.45, 2.75) is 26.7 Å². The number of aromatic nitrogens is 3. The Morgan fingerprint density at radius 2 is 1.74 bits per heavy atom. The number of hydrogen-bond acceptors (Lipinski definition) is 5. The summed E-state index contributed by atoms with van der Waals surface area (Å²) in [5, 5.41) is 5.83. The monoisotopic (exact) mass is 491 g/mol. The van der Waals surface area contributed by atoms with Crippen molar-refractivity contribution in [1.29, 1.82) is 0 Å². The summed E-state index contributed by atoms with van der Waals surface area (Å²) in [5.41, 5.74) is 4.31. The quantitative estimate of drug-likeness (QED) is 0.324. The van der Waals surface area contributed by atoms with Crippen LogP contribution in [-0.2, 0) is 0 Å². The minimum Gasteiger partial charge on any atom is -0.371 e. The fourth-order valence-electron chi connectivity index (χ4n) is 4.14. The number of H-pyrrole nitrogens is 1. The van der Waals surface area contributed by atoms with Crippen LogP contribution in [0, 0.1) is 5.41 Å². The standard InChI is InChI=1S/C26H26ClN5OS/c1-26(2)11-14-32(15-12-26)20-9-5-18(6-10-20)23-29-21(17-3-7-19(27)8-4-17)22(30-23)24(33)31-25-28-13-16-34-25/h3-10,13,16H,11-12,14-15H2,1-2H3,(H,29,30)(H,28,31,33). The van der Waals surface area contributed by atoms with Crippen molar-refractivity contribution in [3.05, 3.63) is 70.8 Å². The molecule has 2 N–H and O–H groups in total. The first-order chi connectivity index (χ1) is 16.4. The molecule has 5 rings (SSSR count). The molecule has 34 heavy (non-hydrogen) atoms. The summed E-state index contributed by atoms with van der Waals surface area (Å²) in [7, 11) is 0. The number of hydrogen-bond donors (Lipinski definition) is 2. The van der Waals surface area contributed by atoms with Crippen LogP contribution in [0.25, 0.3) is 22.6 Å². The van der Waals surface area contributed by atoms with E-state index in [-0.39, 0.29) is 5.91 Å². The number of rotatable bonds is 5. The maximum Gasteiger partial charge on any atom is 0.276 e. The average Bonchev–Trinajstić information content (AvgIpc) is 3.50.